The Morgan fingerprint density at radius 3 is 2.46 bits per heavy atom. The number of amides is 1. The molecule has 0 aromatic heterocycles. The van der Waals surface area contributed by atoms with Gasteiger partial charge in [-0.1, -0.05) is 18.2 Å². The van der Waals surface area contributed by atoms with Gasteiger partial charge in [0, 0.05) is 30.8 Å². The van der Waals surface area contributed by atoms with Crippen molar-refractivity contribution in [3.63, 3.8) is 0 Å². The summed E-state index contributed by atoms with van der Waals surface area (Å²) >= 11 is 0. The highest BCUT2D eigenvalue weighted by atomic mass is 32.2. The van der Waals surface area contributed by atoms with Gasteiger partial charge >= 0.3 is 0 Å². The number of rotatable bonds is 10. The molecule has 28 heavy (non-hydrogen) atoms. The number of benzene rings is 2. The van der Waals surface area contributed by atoms with E-state index in [9.17, 15) is 23.3 Å². The van der Waals surface area contributed by atoms with Crippen molar-refractivity contribution >= 4 is 27.1 Å². The summed E-state index contributed by atoms with van der Waals surface area (Å²) in [6, 6.07) is 12.2. The molecule has 0 saturated carbocycles. The summed E-state index contributed by atoms with van der Waals surface area (Å²) < 4.78 is 24.6. The Hall–Kier alpha value is -2.98. The average molecular weight is 407 g/mol. The first-order valence-corrected chi connectivity index (χ1v) is 10.2. The van der Waals surface area contributed by atoms with Crippen LogP contribution in [0, 0.1) is 10.1 Å². The van der Waals surface area contributed by atoms with Crippen LogP contribution in [0.2, 0.25) is 0 Å². The summed E-state index contributed by atoms with van der Waals surface area (Å²) in [6.45, 7) is 0.122. The van der Waals surface area contributed by atoms with Crippen molar-refractivity contribution in [3.8, 4) is 0 Å². The number of non-ortho nitro benzene ring substituents is 1. The van der Waals surface area contributed by atoms with Crippen molar-refractivity contribution in [2.45, 2.75) is 11.3 Å². The molecule has 0 atom stereocenters. The maximum atomic E-state index is 12.3. The predicted molar refractivity (Wildman–Crippen MR) is 104 cm³/mol. The number of nitro benzene ring substituents is 1. The van der Waals surface area contributed by atoms with Gasteiger partial charge in [-0.2, -0.15) is 0 Å². The van der Waals surface area contributed by atoms with Crippen molar-refractivity contribution in [2.24, 2.45) is 0 Å². The van der Waals surface area contributed by atoms with E-state index in [4.69, 9.17) is 5.11 Å². The topological polar surface area (TPSA) is 139 Å². The number of hydrogen-bond acceptors (Lipinski definition) is 7. The van der Waals surface area contributed by atoms with Gasteiger partial charge in [0.15, 0.2) is 9.84 Å². The number of aliphatic hydroxyl groups is 1. The summed E-state index contributed by atoms with van der Waals surface area (Å²) in [5, 5.41) is 25.6. The van der Waals surface area contributed by atoms with Gasteiger partial charge < -0.3 is 15.7 Å². The lowest BCUT2D eigenvalue weighted by Gasteiger charge is -2.12. The standard InChI is InChI=1S/C18H21N3O6S/c22-11-12-28(26,27)17-13-15(21(24)25)7-8-16(17)19-9-4-10-20-18(23)14-5-2-1-3-6-14/h1-3,5-8,13,19,22H,4,9-12H2,(H,20,23). The highest BCUT2D eigenvalue weighted by Crippen LogP contribution is 2.27. The minimum Gasteiger partial charge on any atom is -0.395 e. The number of nitro groups is 1. The molecule has 2 aromatic carbocycles. The molecule has 0 spiro atoms. The van der Waals surface area contributed by atoms with E-state index < -0.39 is 27.1 Å². The first-order valence-electron chi connectivity index (χ1n) is 8.54. The Labute approximate surface area is 162 Å². The number of aliphatic hydroxyl groups excluding tert-OH is 1. The zero-order chi connectivity index (χ0) is 20.6. The maximum absolute atomic E-state index is 12.3. The fourth-order valence-electron chi connectivity index (χ4n) is 2.46. The molecule has 0 radical (unpaired) electrons. The molecule has 0 heterocycles. The second kappa shape index (κ2) is 9.81. The zero-order valence-corrected chi connectivity index (χ0v) is 15.8. The van der Waals surface area contributed by atoms with Crippen molar-refractivity contribution < 1.29 is 23.2 Å². The van der Waals surface area contributed by atoms with Gasteiger partial charge in [-0.25, -0.2) is 8.42 Å². The average Bonchev–Trinajstić information content (AvgIpc) is 2.68. The maximum Gasteiger partial charge on any atom is 0.270 e. The van der Waals surface area contributed by atoms with Gasteiger partial charge in [0.05, 0.1) is 27.9 Å². The van der Waals surface area contributed by atoms with Crippen LogP contribution in [-0.2, 0) is 9.84 Å². The van der Waals surface area contributed by atoms with E-state index in [0.717, 1.165) is 6.07 Å². The molecular formula is C18H21N3O6S. The van der Waals surface area contributed by atoms with E-state index in [1.165, 1.54) is 12.1 Å². The summed E-state index contributed by atoms with van der Waals surface area (Å²) in [7, 11) is -3.88. The van der Waals surface area contributed by atoms with E-state index in [-0.39, 0.29) is 22.2 Å². The molecule has 2 rings (SSSR count). The van der Waals surface area contributed by atoms with Crippen LogP contribution in [0.15, 0.2) is 53.4 Å². The van der Waals surface area contributed by atoms with Gasteiger partial charge in [0.2, 0.25) is 0 Å². The molecule has 10 heteroatoms. The molecule has 3 N–H and O–H groups in total. The van der Waals surface area contributed by atoms with Crippen LogP contribution in [0.4, 0.5) is 11.4 Å². The van der Waals surface area contributed by atoms with Crippen molar-refractivity contribution in [1.82, 2.24) is 5.32 Å². The molecule has 2 aromatic rings. The molecule has 0 aliphatic carbocycles. The smallest absolute Gasteiger partial charge is 0.270 e. The fraction of sp³-hybridized carbons (Fsp3) is 0.278. The van der Waals surface area contributed by atoms with Gasteiger partial charge in [0.25, 0.3) is 11.6 Å². The molecule has 0 bridgehead atoms. The highest BCUT2D eigenvalue weighted by molar-refractivity contribution is 7.91. The molecule has 0 aliphatic rings. The molecular weight excluding hydrogens is 386 g/mol. The Kier molecular flexibility index (Phi) is 7.47. The zero-order valence-electron chi connectivity index (χ0n) is 15.0. The highest BCUT2D eigenvalue weighted by Gasteiger charge is 2.22. The minimum absolute atomic E-state index is 0.206. The minimum atomic E-state index is -3.88. The summed E-state index contributed by atoms with van der Waals surface area (Å²) in [5.41, 5.74) is 0.411. The fourth-order valence-corrected chi connectivity index (χ4v) is 3.70. The van der Waals surface area contributed by atoms with Crippen LogP contribution in [0.25, 0.3) is 0 Å². The third-order valence-electron chi connectivity index (χ3n) is 3.86. The van der Waals surface area contributed by atoms with Gasteiger partial charge in [-0.15, -0.1) is 0 Å². The number of anilines is 1. The molecule has 0 unspecified atom stereocenters. The monoisotopic (exact) mass is 407 g/mol. The molecule has 9 nitrogen and oxygen atoms in total. The number of carbonyl (C=O) groups is 1. The lowest BCUT2D eigenvalue weighted by molar-refractivity contribution is -0.385. The summed E-state index contributed by atoms with van der Waals surface area (Å²) in [4.78, 5) is 22.0. The molecule has 0 fully saturated rings. The lowest BCUT2D eigenvalue weighted by atomic mass is 10.2. The van der Waals surface area contributed by atoms with Crippen molar-refractivity contribution in [2.75, 3.05) is 30.8 Å². The number of sulfone groups is 1. The first-order chi connectivity index (χ1) is 13.3. The van der Waals surface area contributed by atoms with Crippen LogP contribution in [0.3, 0.4) is 0 Å². The molecule has 1 amide bonds. The Morgan fingerprint density at radius 1 is 1.11 bits per heavy atom. The number of carbonyl (C=O) groups excluding carboxylic acids is 1. The van der Waals surface area contributed by atoms with Crippen LogP contribution in [0.5, 0.6) is 0 Å². The number of nitrogens with zero attached hydrogens (tertiary/aromatic N) is 1. The second-order valence-corrected chi connectivity index (χ2v) is 7.96. The van der Waals surface area contributed by atoms with E-state index >= 15 is 0 Å². The predicted octanol–water partition coefficient (Wildman–Crippen LogP) is 1.59. The Morgan fingerprint density at radius 2 is 1.82 bits per heavy atom. The van der Waals surface area contributed by atoms with Gasteiger partial charge in [0.1, 0.15) is 0 Å². The Bertz CT molecular complexity index is 932. The molecule has 150 valence electrons. The van der Waals surface area contributed by atoms with E-state index in [0.29, 0.717) is 25.1 Å². The van der Waals surface area contributed by atoms with Crippen molar-refractivity contribution in [1.29, 1.82) is 0 Å². The van der Waals surface area contributed by atoms with Crippen LogP contribution in [0.1, 0.15) is 16.8 Å². The molecule has 0 saturated heterocycles. The third-order valence-corrected chi connectivity index (χ3v) is 5.59. The van der Waals surface area contributed by atoms with Crippen LogP contribution < -0.4 is 10.6 Å². The van der Waals surface area contributed by atoms with Crippen molar-refractivity contribution in [3.05, 3.63) is 64.2 Å². The normalized spacial score (nSPS) is 11.0. The first kappa shape index (κ1) is 21.3. The third kappa shape index (κ3) is 5.76. The van der Waals surface area contributed by atoms with E-state index in [2.05, 4.69) is 10.6 Å². The van der Waals surface area contributed by atoms with Crippen LogP contribution >= 0.6 is 0 Å². The van der Waals surface area contributed by atoms with Gasteiger partial charge in [-0.05, 0) is 24.6 Å². The second-order valence-electron chi connectivity index (χ2n) is 5.88. The SMILES string of the molecule is O=C(NCCCNc1ccc([N+](=O)[O-])cc1S(=O)(=O)CCO)c1ccccc1. The molecule has 0 aliphatic heterocycles. The largest absolute Gasteiger partial charge is 0.395 e. The van der Waals surface area contributed by atoms with E-state index in [1.807, 2.05) is 6.07 Å². The Balaban J connectivity index is 1.98. The van der Waals surface area contributed by atoms with Crippen LogP contribution in [-0.4, -0.2) is 49.8 Å². The lowest BCUT2D eigenvalue weighted by Crippen LogP contribution is -2.25. The summed E-state index contributed by atoms with van der Waals surface area (Å²) in [5.74, 6) is -0.738. The quantitative estimate of drug-likeness (QED) is 0.309. The van der Waals surface area contributed by atoms with E-state index in [1.54, 1.807) is 24.3 Å². The number of hydrogen-bond donors (Lipinski definition) is 3. The summed E-state index contributed by atoms with van der Waals surface area (Å²) in [6.07, 6.45) is 0.509. The number of nitrogens with one attached hydrogen (secondary N) is 2. The van der Waals surface area contributed by atoms with Gasteiger partial charge in [-0.3, -0.25) is 14.9 Å².